The van der Waals surface area contributed by atoms with Crippen molar-refractivity contribution in [1.82, 2.24) is 4.90 Å². The van der Waals surface area contributed by atoms with E-state index in [1.54, 1.807) is 0 Å². The highest BCUT2D eigenvalue weighted by molar-refractivity contribution is 5.83. The number of hydrogen-bond acceptors (Lipinski definition) is 4. The summed E-state index contributed by atoms with van der Waals surface area (Å²) < 4.78 is 4.76. The molecule has 0 aromatic rings. The lowest BCUT2D eigenvalue weighted by atomic mass is 9.85. The largest absolute Gasteiger partial charge is 0.468 e. The summed E-state index contributed by atoms with van der Waals surface area (Å²) >= 11 is 0. The maximum atomic E-state index is 11.6. The predicted molar refractivity (Wildman–Crippen MR) is 46.2 cm³/mol. The van der Waals surface area contributed by atoms with Crippen molar-refractivity contribution in [3.63, 3.8) is 0 Å². The van der Waals surface area contributed by atoms with Gasteiger partial charge < -0.3 is 9.84 Å². The lowest BCUT2D eigenvalue weighted by Gasteiger charge is -2.31. The van der Waals surface area contributed by atoms with E-state index in [1.165, 1.54) is 7.11 Å². The van der Waals surface area contributed by atoms with E-state index in [0.717, 1.165) is 12.8 Å². The van der Waals surface area contributed by atoms with Gasteiger partial charge in [-0.15, -0.1) is 0 Å². The van der Waals surface area contributed by atoms with Crippen molar-refractivity contribution >= 4 is 5.97 Å². The maximum absolute atomic E-state index is 11.6. The van der Waals surface area contributed by atoms with E-state index in [2.05, 4.69) is 0 Å². The highest BCUT2D eigenvalue weighted by atomic mass is 16.5. The molecule has 2 saturated heterocycles. The number of aliphatic hydroxyl groups excluding tert-OH is 1. The van der Waals surface area contributed by atoms with Crippen LogP contribution in [0.3, 0.4) is 0 Å². The number of ether oxygens (including phenoxy) is 1. The van der Waals surface area contributed by atoms with E-state index in [0.29, 0.717) is 12.5 Å². The van der Waals surface area contributed by atoms with Crippen LogP contribution >= 0.6 is 0 Å². The molecule has 2 fully saturated rings. The average molecular weight is 185 g/mol. The van der Waals surface area contributed by atoms with Crippen molar-refractivity contribution in [3.8, 4) is 0 Å². The second-order valence-electron chi connectivity index (χ2n) is 3.97. The summed E-state index contributed by atoms with van der Waals surface area (Å²) in [5.74, 6) is -0.289. The smallest absolute Gasteiger partial charge is 0.328 e. The monoisotopic (exact) mass is 185 g/mol. The van der Waals surface area contributed by atoms with Gasteiger partial charge in [0.2, 0.25) is 0 Å². The van der Waals surface area contributed by atoms with Gasteiger partial charge in [0.25, 0.3) is 0 Å². The van der Waals surface area contributed by atoms with Gasteiger partial charge >= 0.3 is 5.97 Å². The molecule has 0 saturated carbocycles. The van der Waals surface area contributed by atoms with Gasteiger partial charge in [-0.3, -0.25) is 4.90 Å². The Morgan fingerprint density at radius 2 is 2.38 bits per heavy atom. The number of fused-ring (bicyclic) bond motifs is 2. The minimum atomic E-state index is -0.737. The Balaban J connectivity index is 2.33. The molecular formula is C9H15NO3. The number of likely N-dealkylation sites (N-methyl/N-ethyl adjacent to an activating group) is 1. The van der Waals surface area contributed by atoms with Crippen molar-refractivity contribution in [3.05, 3.63) is 0 Å². The van der Waals surface area contributed by atoms with Gasteiger partial charge in [0.1, 0.15) is 5.54 Å². The van der Waals surface area contributed by atoms with Crippen molar-refractivity contribution in [2.24, 2.45) is 0 Å². The van der Waals surface area contributed by atoms with E-state index >= 15 is 0 Å². The van der Waals surface area contributed by atoms with E-state index in [1.807, 2.05) is 11.9 Å². The lowest BCUT2D eigenvalue weighted by Crippen LogP contribution is -2.53. The second kappa shape index (κ2) is 2.69. The first kappa shape index (κ1) is 8.97. The van der Waals surface area contributed by atoms with Gasteiger partial charge in [-0.25, -0.2) is 4.79 Å². The molecule has 2 aliphatic heterocycles. The fourth-order valence-corrected chi connectivity index (χ4v) is 2.77. The van der Waals surface area contributed by atoms with Crippen LogP contribution in [0.4, 0.5) is 0 Å². The van der Waals surface area contributed by atoms with Crippen LogP contribution in [0, 0.1) is 0 Å². The Hall–Kier alpha value is -0.610. The second-order valence-corrected chi connectivity index (χ2v) is 3.97. The van der Waals surface area contributed by atoms with Crippen LogP contribution in [0.15, 0.2) is 0 Å². The van der Waals surface area contributed by atoms with Crippen LogP contribution in [0.5, 0.6) is 0 Å². The maximum Gasteiger partial charge on any atom is 0.328 e. The number of carbonyl (C=O) groups excluding carboxylic acids is 1. The quantitative estimate of drug-likeness (QED) is 0.573. The summed E-state index contributed by atoms with van der Waals surface area (Å²) in [6.45, 7) is 0. The molecule has 2 bridgehead atoms. The molecule has 0 radical (unpaired) electrons. The first-order chi connectivity index (χ1) is 6.13. The fourth-order valence-electron chi connectivity index (χ4n) is 2.77. The van der Waals surface area contributed by atoms with Crippen LogP contribution < -0.4 is 0 Å². The van der Waals surface area contributed by atoms with Crippen LogP contribution in [-0.4, -0.2) is 47.8 Å². The van der Waals surface area contributed by atoms with Gasteiger partial charge in [-0.2, -0.15) is 0 Å². The predicted octanol–water partition coefficient (Wildman–Crippen LogP) is -0.243. The summed E-state index contributed by atoms with van der Waals surface area (Å²) in [5.41, 5.74) is -0.737. The molecule has 2 aliphatic rings. The van der Waals surface area contributed by atoms with Gasteiger partial charge in [0.05, 0.1) is 13.2 Å². The van der Waals surface area contributed by atoms with Crippen LogP contribution in [0.2, 0.25) is 0 Å². The molecule has 0 aromatic carbocycles. The SMILES string of the molecule is COC(=O)C12CCC(CC1O)N2C. The van der Waals surface area contributed by atoms with Crippen LogP contribution in [0.1, 0.15) is 19.3 Å². The van der Waals surface area contributed by atoms with Crippen LogP contribution in [-0.2, 0) is 9.53 Å². The minimum Gasteiger partial charge on any atom is -0.468 e. The molecule has 0 spiro atoms. The highest BCUT2D eigenvalue weighted by Crippen LogP contribution is 2.45. The zero-order valence-electron chi connectivity index (χ0n) is 7.99. The molecule has 74 valence electrons. The van der Waals surface area contributed by atoms with E-state index in [-0.39, 0.29) is 5.97 Å². The fraction of sp³-hybridized carbons (Fsp3) is 0.889. The third-order valence-electron chi connectivity index (χ3n) is 3.62. The lowest BCUT2D eigenvalue weighted by molar-refractivity contribution is -0.157. The molecule has 0 aliphatic carbocycles. The van der Waals surface area contributed by atoms with Crippen molar-refractivity contribution in [1.29, 1.82) is 0 Å². The van der Waals surface area contributed by atoms with Gasteiger partial charge in [0.15, 0.2) is 0 Å². The summed E-state index contributed by atoms with van der Waals surface area (Å²) in [5, 5.41) is 9.80. The zero-order valence-corrected chi connectivity index (χ0v) is 7.99. The molecule has 2 heterocycles. The molecule has 1 N–H and O–H groups in total. The summed E-state index contributed by atoms with van der Waals surface area (Å²) in [6.07, 6.45) is 1.86. The molecular weight excluding hydrogens is 170 g/mol. The molecule has 0 aromatic heterocycles. The molecule has 4 heteroatoms. The number of methoxy groups -OCH3 is 1. The van der Waals surface area contributed by atoms with Gasteiger partial charge in [-0.1, -0.05) is 0 Å². The third kappa shape index (κ3) is 0.901. The third-order valence-corrected chi connectivity index (χ3v) is 3.62. The minimum absolute atomic E-state index is 0.289. The first-order valence-corrected chi connectivity index (χ1v) is 4.62. The first-order valence-electron chi connectivity index (χ1n) is 4.62. The van der Waals surface area contributed by atoms with Crippen molar-refractivity contribution in [2.45, 2.75) is 36.9 Å². The number of carbonyl (C=O) groups is 1. The molecule has 2 rings (SSSR count). The molecule has 3 unspecified atom stereocenters. The molecule has 13 heavy (non-hydrogen) atoms. The average Bonchev–Trinajstić information content (AvgIpc) is 2.56. The number of rotatable bonds is 1. The standard InChI is InChI=1S/C9H15NO3/c1-10-6-3-4-9(10,7(11)5-6)8(12)13-2/h6-7,11H,3-5H2,1-2H3. The summed E-state index contributed by atoms with van der Waals surface area (Å²) in [4.78, 5) is 13.6. The summed E-state index contributed by atoms with van der Waals surface area (Å²) in [7, 11) is 3.27. The number of esters is 1. The number of hydrogen-bond donors (Lipinski definition) is 1. The topological polar surface area (TPSA) is 49.8 Å². The Labute approximate surface area is 77.5 Å². The van der Waals surface area contributed by atoms with Gasteiger partial charge in [-0.05, 0) is 26.3 Å². The molecule has 4 nitrogen and oxygen atoms in total. The van der Waals surface area contributed by atoms with Crippen molar-refractivity contribution < 1.29 is 14.6 Å². The van der Waals surface area contributed by atoms with E-state index < -0.39 is 11.6 Å². The summed E-state index contributed by atoms with van der Waals surface area (Å²) in [6, 6.07) is 0.356. The number of aliphatic hydroxyl groups is 1. The number of nitrogens with zero attached hydrogens (tertiary/aromatic N) is 1. The zero-order chi connectivity index (χ0) is 9.64. The van der Waals surface area contributed by atoms with E-state index in [9.17, 15) is 9.90 Å². The Bertz CT molecular complexity index is 243. The molecule has 3 atom stereocenters. The Morgan fingerprint density at radius 1 is 1.69 bits per heavy atom. The molecule has 0 amide bonds. The Morgan fingerprint density at radius 3 is 2.77 bits per heavy atom. The van der Waals surface area contributed by atoms with Gasteiger partial charge in [0, 0.05) is 6.04 Å². The normalized spacial score (nSPS) is 43.9. The van der Waals surface area contributed by atoms with Crippen molar-refractivity contribution in [2.75, 3.05) is 14.2 Å². The highest BCUT2D eigenvalue weighted by Gasteiger charge is 2.61. The Kier molecular flexibility index (Phi) is 1.85. The van der Waals surface area contributed by atoms with E-state index in [4.69, 9.17) is 4.74 Å². The van der Waals surface area contributed by atoms with Crippen LogP contribution in [0.25, 0.3) is 0 Å².